The first-order chi connectivity index (χ1) is 14.7. The van der Waals surface area contributed by atoms with E-state index in [-0.39, 0.29) is 5.78 Å². The van der Waals surface area contributed by atoms with E-state index in [0.29, 0.717) is 16.3 Å². The first-order valence-electron chi connectivity index (χ1n) is 9.42. The summed E-state index contributed by atoms with van der Waals surface area (Å²) in [6.07, 6.45) is 3.23. The summed E-state index contributed by atoms with van der Waals surface area (Å²) in [4.78, 5) is 15.0. The lowest BCUT2D eigenvalue weighted by Crippen LogP contribution is -2.02. The van der Waals surface area contributed by atoms with Gasteiger partial charge in [-0.3, -0.25) is 4.79 Å². The van der Waals surface area contributed by atoms with Gasteiger partial charge in [-0.15, -0.1) is 0 Å². The molecule has 0 atom stereocenters. The molecule has 0 saturated heterocycles. The van der Waals surface area contributed by atoms with Gasteiger partial charge in [0.1, 0.15) is 11.5 Å². The third-order valence-electron chi connectivity index (χ3n) is 4.79. The van der Waals surface area contributed by atoms with E-state index in [4.69, 9.17) is 16.0 Å². The van der Waals surface area contributed by atoms with Crippen molar-refractivity contribution in [2.24, 2.45) is 0 Å². The molecule has 1 N–H and O–H groups in total. The van der Waals surface area contributed by atoms with Crippen molar-refractivity contribution >= 4 is 46.6 Å². The molecule has 0 fully saturated rings. The predicted octanol–water partition coefficient (Wildman–Crippen LogP) is 7.70. The van der Waals surface area contributed by atoms with Crippen LogP contribution in [0, 0.1) is 0 Å². The Bertz CT molecular complexity index is 1270. The summed E-state index contributed by atoms with van der Waals surface area (Å²) < 4.78 is 5.83. The standard InChI is InChI=1S/C25H16ClNO2S/c26-18-8-5-16(6-9-18)23-13-11-19(29-23)10-12-22(28)17-7-14-25-21(15-17)27-20-3-1-2-4-24(20)30-25/h1-15,27H/b12-10+. The molecule has 0 aliphatic carbocycles. The summed E-state index contributed by atoms with van der Waals surface area (Å²) in [5.74, 6) is 1.27. The molecule has 2 heterocycles. The van der Waals surface area contributed by atoms with Gasteiger partial charge in [0.05, 0.1) is 11.4 Å². The van der Waals surface area contributed by atoms with E-state index >= 15 is 0 Å². The van der Waals surface area contributed by atoms with Crippen molar-refractivity contribution in [1.82, 2.24) is 0 Å². The Kier molecular flexibility index (Phi) is 4.95. The van der Waals surface area contributed by atoms with Crippen LogP contribution >= 0.6 is 23.4 Å². The molecular formula is C25H16ClNO2S. The van der Waals surface area contributed by atoms with Crippen LogP contribution in [0.25, 0.3) is 17.4 Å². The Morgan fingerprint density at radius 1 is 0.900 bits per heavy atom. The summed E-state index contributed by atoms with van der Waals surface area (Å²) in [6.45, 7) is 0. The summed E-state index contributed by atoms with van der Waals surface area (Å²) in [5, 5.41) is 4.09. The second-order valence-electron chi connectivity index (χ2n) is 6.84. The highest BCUT2D eigenvalue weighted by Crippen LogP contribution is 2.44. The molecule has 0 amide bonds. The summed E-state index contributed by atoms with van der Waals surface area (Å²) >= 11 is 7.63. The molecule has 0 bridgehead atoms. The minimum atomic E-state index is -0.0760. The highest BCUT2D eigenvalue weighted by atomic mass is 35.5. The lowest BCUT2D eigenvalue weighted by Gasteiger charge is -2.20. The molecule has 1 aromatic heterocycles. The number of anilines is 2. The van der Waals surface area contributed by atoms with Gasteiger partial charge >= 0.3 is 0 Å². The van der Waals surface area contributed by atoms with Gasteiger partial charge in [-0.25, -0.2) is 0 Å². The fraction of sp³-hybridized carbons (Fsp3) is 0. The maximum atomic E-state index is 12.7. The Hall–Kier alpha value is -3.21. The zero-order valence-electron chi connectivity index (χ0n) is 15.8. The minimum absolute atomic E-state index is 0.0760. The van der Waals surface area contributed by atoms with Crippen LogP contribution in [-0.4, -0.2) is 5.78 Å². The fourth-order valence-corrected chi connectivity index (χ4v) is 4.35. The largest absolute Gasteiger partial charge is 0.457 e. The molecule has 30 heavy (non-hydrogen) atoms. The molecule has 3 nitrogen and oxygen atoms in total. The molecule has 3 aromatic carbocycles. The molecule has 0 saturated carbocycles. The number of furan rings is 1. The van der Waals surface area contributed by atoms with E-state index in [9.17, 15) is 4.79 Å². The van der Waals surface area contributed by atoms with Crippen molar-refractivity contribution in [3.8, 4) is 11.3 Å². The number of hydrogen-bond donors (Lipinski definition) is 1. The zero-order chi connectivity index (χ0) is 20.5. The van der Waals surface area contributed by atoms with Crippen LogP contribution in [0.2, 0.25) is 5.02 Å². The maximum absolute atomic E-state index is 12.7. The van der Waals surface area contributed by atoms with Gasteiger partial charge in [-0.2, -0.15) is 0 Å². The number of fused-ring (bicyclic) bond motifs is 2. The van der Waals surface area contributed by atoms with Gasteiger partial charge in [-0.1, -0.05) is 35.5 Å². The molecule has 5 heteroatoms. The first-order valence-corrected chi connectivity index (χ1v) is 10.6. The molecule has 0 unspecified atom stereocenters. The molecule has 1 aliphatic heterocycles. The second kappa shape index (κ2) is 7.90. The third kappa shape index (κ3) is 3.80. The summed E-state index contributed by atoms with van der Waals surface area (Å²) in [5.41, 5.74) is 3.56. The lowest BCUT2D eigenvalue weighted by atomic mass is 10.1. The lowest BCUT2D eigenvalue weighted by molar-refractivity contribution is 0.104. The number of hydrogen-bond acceptors (Lipinski definition) is 4. The molecule has 4 aromatic rings. The maximum Gasteiger partial charge on any atom is 0.186 e. The van der Waals surface area contributed by atoms with Crippen molar-refractivity contribution in [2.45, 2.75) is 9.79 Å². The summed E-state index contributed by atoms with van der Waals surface area (Å²) in [7, 11) is 0. The number of ketones is 1. The van der Waals surface area contributed by atoms with E-state index in [2.05, 4.69) is 11.4 Å². The fourth-order valence-electron chi connectivity index (χ4n) is 3.26. The smallest absolute Gasteiger partial charge is 0.186 e. The van der Waals surface area contributed by atoms with Crippen molar-refractivity contribution < 1.29 is 9.21 Å². The van der Waals surface area contributed by atoms with E-state index in [0.717, 1.165) is 27.6 Å². The Morgan fingerprint density at radius 2 is 1.70 bits per heavy atom. The van der Waals surface area contributed by atoms with Crippen molar-refractivity contribution in [3.63, 3.8) is 0 Å². The van der Waals surface area contributed by atoms with Gasteiger partial charge in [-0.05, 0) is 78.9 Å². The number of allylic oxidation sites excluding steroid dienone is 1. The van der Waals surface area contributed by atoms with Gasteiger partial charge in [0.2, 0.25) is 0 Å². The Labute approximate surface area is 183 Å². The monoisotopic (exact) mass is 429 g/mol. The average molecular weight is 430 g/mol. The Balaban J connectivity index is 1.33. The molecule has 146 valence electrons. The van der Waals surface area contributed by atoms with Crippen LogP contribution in [0.4, 0.5) is 11.4 Å². The van der Waals surface area contributed by atoms with Crippen molar-refractivity contribution in [2.75, 3.05) is 5.32 Å². The number of halogens is 1. The van der Waals surface area contributed by atoms with Crippen LogP contribution in [-0.2, 0) is 0 Å². The molecule has 5 rings (SSSR count). The quantitative estimate of drug-likeness (QED) is 0.234. The number of rotatable bonds is 4. The van der Waals surface area contributed by atoms with E-state index in [1.54, 1.807) is 17.8 Å². The molecule has 0 spiro atoms. The number of carbonyl (C=O) groups excluding carboxylic acids is 1. The van der Waals surface area contributed by atoms with E-state index < -0.39 is 0 Å². The van der Waals surface area contributed by atoms with Crippen LogP contribution in [0.3, 0.4) is 0 Å². The zero-order valence-corrected chi connectivity index (χ0v) is 17.3. The third-order valence-corrected chi connectivity index (χ3v) is 6.20. The molecule has 0 radical (unpaired) electrons. The number of nitrogens with one attached hydrogen (secondary N) is 1. The Morgan fingerprint density at radius 3 is 2.57 bits per heavy atom. The van der Waals surface area contributed by atoms with Crippen LogP contribution in [0.5, 0.6) is 0 Å². The normalized spacial score (nSPS) is 12.3. The second-order valence-corrected chi connectivity index (χ2v) is 8.36. The number of benzene rings is 3. The number of para-hydroxylation sites is 1. The average Bonchev–Trinajstić information content (AvgIpc) is 3.25. The summed E-state index contributed by atoms with van der Waals surface area (Å²) in [6, 6.07) is 25.0. The van der Waals surface area contributed by atoms with Crippen LogP contribution in [0.1, 0.15) is 16.1 Å². The SMILES string of the molecule is O=C(/C=C/c1ccc(-c2ccc(Cl)cc2)o1)c1ccc2c(c1)Nc1ccccc1S2. The first kappa shape index (κ1) is 18.8. The van der Waals surface area contributed by atoms with Crippen molar-refractivity contribution in [3.05, 3.63) is 101 Å². The predicted molar refractivity (Wildman–Crippen MR) is 123 cm³/mol. The highest BCUT2D eigenvalue weighted by Gasteiger charge is 2.16. The van der Waals surface area contributed by atoms with Gasteiger partial charge < -0.3 is 9.73 Å². The molecule has 1 aliphatic rings. The van der Waals surface area contributed by atoms with Crippen LogP contribution < -0.4 is 5.32 Å². The van der Waals surface area contributed by atoms with Gasteiger partial charge in [0.15, 0.2) is 5.78 Å². The van der Waals surface area contributed by atoms with Crippen molar-refractivity contribution in [1.29, 1.82) is 0 Å². The van der Waals surface area contributed by atoms with E-state index in [1.165, 1.54) is 11.0 Å². The minimum Gasteiger partial charge on any atom is -0.457 e. The topological polar surface area (TPSA) is 42.2 Å². The highest BCUT2D eigenvalue weighted by molar-refractivity contribution is 7.99. The molecular weight excluding hydrogens is 414 g/mol. The van der Waals surface area contributed by atoms with Gasteiger partial charge in [0.25, 0.3) is 0 Å². The van der Waals surface area contributed by atoms with Gasteiger partial charge in [0, 0.05) is 25.9 Å². The van der Waals surface area contributed by atoms with E-state index in [1.807, 2.05) is 72.8 Å². The number of carbonyl (C=O) groups is 1. The van der Waals surface area contributed by atoms with Crippen LogP contribution in [0.15, 0.2) is 99.1 Å².